The van der Waals surface area contributed by atoms with Crippen LogP contribution in [0.2, 0.25) is 0 Å². The highest BCUT2D eigenvalue weighted by Crippen LogP contribution is 2.31. The Morgan fingerprint density at radius 2 is 1.90 bits per heavy atom. The number of aliphatic carboxylic acids is 1. The molecule has 3 nitrogen and oxygen atoms in total. The molecule has 0 aliphatic heterocycles. The van der Waals surface area contributed by atoms with Crippen LogP contribution in [-0.4, -0.2) is 15.6 Å². The van der Waals surface area contributed by atoms with E-state index >= 15 is 0 Å². The molecule has 0 aliphatic carbocycles. The molecule has 0 fully saturated rings. The standard InChI is InChI=1S/C18H17NO2/c1-2-19-16-11-4-3-9-14(16)15-10-5-7-13(18(15)19)8-6-12-17(20)21/h3-7,9-12H,2,8H2,1H3,(H,20,21). The fourth-order valence-electron chi connectivity index (χ4n) is 2.96. The number of aromatic nitrogens is 1. The van der Waals surface area contributed by atoms with Crippen LogP contribution in [-0.2, 0) is 17.8 Å². The lowest BCUT2D eigenvalue weighted by molar-refractivity contribution is -0.131. The van der Waals surface area contributed by atoms with Crippen LogP contribution in [0.3, 0.4) is 0 Å². The highest BCUT2D eigenvalue weighted by molar-refractivity contribution is 6.09. The van der Waals surface area contributed by atoms with Gasteiger partial charge in [-0.25, -0.2) is 4.79 Å². The maximum Gasteiger partial charge on any atom is 0.327 e. The van der Waals surface area contributed by atoms with Gasteiger partial charge in [0.15, 0.2) is 0 Å². The Kier molecular flexibility index (Phi) is 3.48. The Morgan fingerprint density at radius 1 is 1.14 bits per heavy atom. The first-order chi connectivity index (χ1) is 10.2. The average molecular weight is 279 g/mol. The van der Waals surface area contributed by atoms with Crippen LogP contribution in [0, 0.1) is 0 Å². The number of rotatable bonds is 4. The van der Waals surface area contributed by atoms with E-state index in [1.165, 1.54) is 27.9 Å². The first-order valence-corrected chi connectivity index (χ1v) is 7.10. The van der Waals surface area contributed by atoms with Crippen molar-refractivity contribution in [1.29, 1.82) is 0 Å². The zero-order valence-corrected chi connectivity index (χ0v) is 11.9. The Morgan fingerprint density at radius 3 is 2.67 bits per heavy atom. The third-order valence-corrected chi connectivity index (χ3v) is 3.79. The van der Waals surface area contributed by atoms with Crippen LogP contribution >= 0.6 is 0 Å². The fraction of sp³-hybridized carbons (Fsp3) is 0.167. The van der Waals surface area contributed by atoms with Gasteiger partial charge >= 0.3 is 5.97 Å². The van der Waals surface area contributed by atoms with E-state index in [0.29, 0.717) is 6.42 Å². The third kappa shape index (κ3) is 2.31. The molecule has 1 aromatic heterocycles. The molecule has 2 aromatic carbocycles. The number of allylic oxidation sites excluding steroid dienone is 1. The number of aryl methyl sites for hydroxylation is 1. The van der Waals surface area contributed by atoms with Crippen LogP contribution in [0.4, 0.5) is 0 Å². The molecular weight excluding hydrogens is 262 g/mol. The van der Waals surface area contributed by atoms with E-state index in [2.05, 4.69) is 47.9 Å². The lowest BCUT2D eigenvalue weighted by Gasteiger charge is -2.07. The minimum atomic E-state index is -0.904. The second kappa shape index (κ2) is 5.44. The number of benzene rings is 2. The number of carbonyl (C=O) groups is 1. The van der Waals surface area contributed by atoms with E-state index in [1.54, 1.807) is 6.08 Å². The van der Waals surface area contributed by atoms with Gasteiger partial charge in [-0.05, 0) is 25.0 Å². The van der Waals surface area contributed by atoms with Gasteiger partial charge in [-0.1, -0.05) is 42.5 Å². The van der Waals surface area contributed by atoms with Gasteiger partial charge in [-0.3, -0.25) is 0 Å². The van der Waals surface area contributed by atoms with Crippen molar-refractivity contribution in [3.63, 3.8) is 0 Å². The number of carboxylic acids is 1. The number of fused-ring (bicyclic) bond motifs is 3. The molecule has 1 N–H and O–H groups in total. The lowest BCUT2D eigenvalue weighted by atomic mass is 10.1. The molecule has 3 heteroatoms. The molecule has 3 rings (SSSR count). The maximum atomic E-state index is 10.6. The quantitative estimate of drug-likeness (QED) is 0.733. The van der Waals surface area contributed by atoms with Gasteiger partial charge in [0, 0.05) is 28.9 Å². The average Bonchev–Trinajstić information content (AvgIpc) is 2.82. The molecule has 0 atom stereocenters. The number of hydrogen-bond donors (Lipinski definition) is 1. The predicted octanol–water partition coefficient (Wildman–Crippen LogP) is 4.00. The lowest BCUT2D eigenvalue weighted by Crippen LogP contribution is -1.96. The van der Waals surface area contributed by atoms with Crippen molar-refractivity contribution in [2.24, 2.45) is 0 Å². The van der Waals surface area contributed by atoms with E-state index in [0.717, 1.165) is 12.1 Å². The molecule has 0 amide bonds. The number of hydrogen-bond acceptors (Lipinski definition) is 1. The van der Waals surface area contributed by atoms with Crippen molar-refractivity contribution in [3.8, 4) is 0 Å². The number of para-hydroxylation sites is 2. The molecule has 0 spiro atoms. The zero-order valence-electron chi connectivity index (χ0n) is 11.9. The van der Waals surface area contributed by atoms with E-state index in [4.69, 9.17) is 5.11 Å². The van der Waals surface area contributed by atoms with Crippen LogP contribution in [0.1, 0.15) is 12.5 Å². The van der Waals surface area contributed by atoms with Crippen molar-refractivity contribution in [3.05, 3.63) is 60.2 Å². The molecule has 0 bridgehead atoms. The van der Waals surface area contributed by atoms with Gasteiger partial charge in [0.2, 0.25) is 0 Å². The van der Waals surface area contributed by atoms with Gasteiger partial charge < -0.3 is 9.67 Å². The van der Waals surface area contributed by atoms with Gasteiger partial charge in [0.05, 0.1) is 5.52 Å². The van der Waals surface area contributed by atoms with Gasteiger partial charge in [-0.2, -0.15) is 0 Å². The Balaban J connectivity index is 2.24. The van der Waals surface area contributed by atoms with Crippen LogP contribution in [0.15, 0.2) is 54.6 Å². The van der Waals surface area contributed by atoms with E-state index in [1.807, 2.05) is 6.07 Å². The molecule has 21 heavy (non-hydrogen) atoms. The summed E-state index contributed by atoms with van der Waals surface area (Å²) >= 11 is 0. The van der Waals surface area contributed by atoms with Gasteiger partial charge in [0.25, 0.3) is 0 Å². The minimum absolute atomic E-state index is 0.625. The highest BCUT2D eigenvalue weighted by Gasteiger charge is 2.11. The Hall–Kier alpha value is -2.55. The van der Waals surface area contributed by atoms with Crippen molar-refractivity contribution < 1.29 is 9.90 Å². The molecule has 0 saturated heterocycles. The highest BCUT2D eigenvalue weighted by atomic mass is 16.4. The molecule has 0 aliphatic rings. The molecule has 3 aromatic rings. The predicted molar refractivity (Wildman–Crippen MR) is 85.6 cm³/mol. The first-order valence-electron chi connectivity index (χ1n) is 7.10. The SMILES string of the molecule is CCn1c2ccccc2c2cccc(CC=CC(=O)O)c21. The first kappa shape index (κ1) is 13.4. The van der Waals surface area contributed by atoms with E-state index in [9.17, 15) is 4.79 Å². The van der Waals surface area contributed by atoms with Crippen LogP contribution in [0.5, 0.6) is 0 Å². The smallest absolute Gasteiger partial charge is 0.327 e. The normalized spacial score (nSPS) is 11.7. The molecule has 0 radical (unpaired) electrons. The topological polar surface area (TPSA) is 42.2 Å². The second-order valence-corrected chi connectivity index (χ2v) is 5.02. The molecule has 0 unspecified atom stereocenters. The largest absolute Gasteiger partial charge is 0.478 e. The summed E-state index contributed by atoms with van der Waals surface area (Å²) in [5, 5.41) is 11.2. The van der Waals surface area contributed by atoms with Crippen molar-refractivity contribution >= 4 is 27.8 Å². The number of carboxylic acid groups (broad SMARTS) is 1. The van der Waals surface area contributed by atoms with Crippen molar-refractivity contribution in [2.45, 2.75) is 19.9 Å². The summed E-state index contributed by atoms with van der Waals surface area (Å²) in [7, 11) is 0. The van der Waals surface area contributed by atoms with Crippen molar-refractivity contribution in [2.75, 3.05) is 0 Å². The monoisotopic (exact) mass is 279 g/mol. The van der Waals surface area contributed by atoms with E-state index < -0.39 is 5.97 Å². The summed E-state index contributed by atoms with van der Waals surface area (Å²) in [6.07, 6.45) is 3.53. The fourth-order valence-corrected chi connectivity index (χ4v) is 2.96. The Bertz CT molecular complexity index is 843. The molecular formula is C18H17NO2. The summed E-state index contributed by atoms with van der Waals surface area (Å²) in [5.41, 5.74) is 3.59. The third-order valence-electron chi connectivity index (χ3n) is 3.79. The van der Waals surface area contributed by atoms with Crippen molar-refractivity contribution in [1.82, 2.24) is 4.57 Å². The summed E-state index contributed by atoms with van der Waals surface area (Å²) in [6.45, 7) is 3.03. The van der Waals surface area contributed by atoms with E-state index in [-0.39, 0.29) is 0 Å². The Labute approximate surface area is 123 Å². The van der Waals surface area contributed by atoms with Crippen LogP contribution in [0.25, 0.3) is 21.8 Å². The van der Waals surface area contributed by atoms with Gasteiger partial charge in [0.1, 0.15) is 0 Å². The van der Waals surface area contributed by atoms with Crippen LogP contribution < -0.4 is 0 Å². The van der Waals surface area contributed by atoms with Gasteiger partial charge in [-0.15, -0.1) is 0 Å². The maximum absolute atomic E-state index is 10.6. The molecule has 106 valence electrons. The minimum Gasteiger partial charge on any atom is -0.478 e. The molecule has 1 heterocycles. The summed E-state index contributed by atoms with van der Waals surface area (Å²) in [4.78, 5) is 10.6. The number of nitrogens with zero attached hydrogens (tertiary/aromatic N) is 1. The molecule has 0 saturated carbocycles. The summed E-state index contributed by atoms with van der Waals surface area (Å²) < 4.78 is 2.30. The zero-order chi connectivity index (χ0) is 14.8. The summed E-state index contributed by atoms with van der Waals surface area (Å²) in [6, 6.07) is 14.6. The summed E-state index contributed by atoms with van der Waals surface area (Å²) in [5.74, 6) is -0.904. The second-order valence-electron chi connectivity index (χ2n) is 5.02.